The third kappa shape index (κ3) is 2.38. The highest BCUT2D eigenvalue weighted by Crippen LogP contribution is 2.75. The summed E-state index contributed by atoms with van der Waals surface area (Å²) in [5.41, 5.74) is -2.23. The molecule has 0 aromatic carbocycles. The van der Waals surface area contributed by atoms with E-state index < -0.39 is 29.2 Å². The van der Waals surface area contributed by atoms with Crippen LogP contribution in [-0.2, 0) is 9.53 Å². The first-order chi connectivity index (χ1) is 13.0. The quantitative estimate of drug-likeness (QED) is 0.540. The average molecular weight is 397 g/mol. The van der Waals surface area contributed by atoms with Crippen LogP contribution in [0.5, 0.6) is 0 Å². The second-order valence-corrected chi connectivity index (χ2v) is 10.7. The Hall–Kier alpha value is -0.690. The molecular formula is C22H36O6. The first kappa shape index (κ1) is 20.6. The van der Waals surface area contributed by atoms with Gasteiger partial charge in [-0.15, -0.1) is 0 Å². The molecule has 0 heterocycles. The highest BCUT2D eigenvalue weighted by molar-refractivity contribution is 5.66. The van der Waals surface area contributed by atoms with Gasteiger partial charge >= 0.3 is 5.97 Å². The Morgan fingerprint density at radius 2 is 1.82 bits per heavy atom. The molecular weight excluding hydrogens is 360 g/mol. The van der Waals surface area contributed by atoms with Crippen molar-refractivity contribution in [3.63, 3.8) is 0 Å². The second kappa shape index (κ2) is 6.40. The number of carbonyl (C=O) groups is 1. The van der Waals surface area contributed by atoms with E-state index >= 15 is 0 Å². The Morgan fingerprint density at radius 3 is 2.46 bits per heavy atom. The number of rotatable bonds is 3. The van der Waals surface area contributed by atoms with Gasteiger partial charge in [-0.1, -0.05) is 13.8 Å². The standard InChI is InChI=1S/C22H36O6/c1-13(24)28-12-21(27)8-9-22-14(10-15(21)18(22)26)4-5-16-19(2,11-23)17(25)6-7-20(16,22)3/h14-18,23,25-27H,4-12H2,1-3H3. The van der Waals surface area contributed by atoms with Gasteiger partial charge in [-0.3, -0.25) is 4.79 Å². The molecule has 0 radical (unpaired) electrons. The minimum absolute atomic E-state index is 0.0505. The highest BCUT2D eigenvalue weighted by Gasteiger charge is 2.74. The van der Waals surface area contributed by atoms with Crippen molar-refractivity contribution >= 4 is 5.97 Å². The summed E-state index contributed by atoms with van der Waals surface area (Å²) in [6.07, 6.45) is 4.11. The normalized spacial score (nSPS) is 55.3. The van der Waals surface area contributed by atoms with Crippen LogP contribution in [0.4, 0.5) is 0 Å². The van der Waals surface area contributed by atoms with Gasteiger partial charge in [0.05, 0.1) is 18.8 Å². The van der Waals surface area contributed by atoms with Crippen molar-refractivity contribution in [2.24, 2.45) is 34.0 Å². The lowest BCUT2D eigenvalue weighted by molar-refractivity contribution is -0.250. The zero-order valence-electron chi connectivity index (χ0n) is 17.4. The molecule has 0 amide bonds. The Morgan fingerprint density at radius 1 is 1.11 bits per heavy atom. The van der Waals surface area contributed by atoms with E-state index in [1.54, 1.807) is 0 Å². The SMILES string of the molecule is CC(=O)OCC1(O)CCC23C(CCC4C(C)(CO)C(O)CCC42C)CC1C3O. The molecule has 2 bridgehead atoms. The summed E-state index contributed by atoms with van der Waals surface area (Å²) in [5.74, 6) is -0.254. The van der Waals surface area contributed by atoms with E-state index in [2.05, 4.69) is 6.92 Å². The number of carbonyl (C=O) groups excluding carboxylic acids is 1. The molecule has 4 saturated carbocycles. The average Bonchev–Trinajstić information content (AvgIpc) is 2.87. The fourth-order valence-corrected chi connectivity index (χ4v) is 8.28. The van der Waals surface area contributed by atoms with Gasteiger partial charge in [0.1, 0.15) is 12.2 Å². The van der Waals surface area contributed by atoms with Crippen molar-refractivity contribution in [3.8, 4) is 0 Å². The van der Waals surface area contributed by atoms with Gasteiger partial charge < -0.3 is 25.2 Å². The molecule has 4 N–H and O–H groups in total. The molecule has 4 aliphatic rings. The fraction of sp³-hybridized carbons (Fsp3) is 0.955. The van der Waals surface area contributed by atoms with Crippen LogP contribution >= 0.6 is 0 Å². The van der Waals surface area contributed by atoms with Gasteiger partial charge in [-0.2, -0.15) is 0 Å². The Labute approximate surface area is 167 Å². The van der Waals surface area contributed by atoms with Crippen LogP contribution in [0.2, 0.25) is 0 Å². The topological polar surface area (TPSA) is 107 Å². The van der Waals surface area contributed by atoms with Crippen molar-refractivity contribution in [2.75, 3.05) is 13.2 Å². The minimum Gasteiger partial charge on any atom is -0.463 e. The molecule has 9 atom stereocenters. The van der Waals surface area contributed by atoms with Crippen molar-refractivity contribution in [1.29, 1.82) is 0 Å². The third-order valence-corrected chi connectivity index (χ3v) is 9.83. The van der Waals surface area contributed by atoms with E-state index in [1.165, 1.54) is 6.92 Å². The second-order valence-electron chi connectivity index (χ2n) is 10.7. The molecule has 6 nitrogen and oxygen atoms in total. The molecule has 4 fully saturated rings. The molecule has 160 valence electrons. The molecule has 28 heavy (non-hydrogen) atoms. The largest absolute Gasteiger partial charge is 0.463 e. The van der Waals surface area contributed by atoms with Crippen molar-refractivity contribution in [2.45, 2.75) is 83.5 Å². The first-order valence-corrected chi connectivity index (χ1v) is 10.9. The van der Waals surface area contributed by atoms with E-state index in [0.29, 0.717) is 25.2 Å². The molecule has 0 saturated heterocycles. The summed E-state index contributed by atoms with van der Waals surface area (Å²) < 4.78 is 5.16. The lowest BCUT2D eigenvalue weighted by Crippen LogP contribution is -2.67. The fourth-order valence-electron chi connectivity index (χ4n) is 8.28. The molecule has 6 heteroatoms. The van der Waals surface area contributed by atoms with Crippen LogP contribution < -0.4 is 0 Å². The van der Waals surface area contributed by atoms with Gasteiger partial charge in [0.15, 0.2) is 0 Å². The number of aliphatic hydroxyl groups is 4. The lowest BCUT2D eigenvalue weighted by Gasteiger charge is -2.67. The summed E-state index contributed by atoms with van der Waals surface area (Å²) in [6, 6.07) is 0. The molecule has 0 aromatic heterocycles. The smallest absolute Gasteiger partial charge is 0.302 e. The predicted molar refractivity (Wildman–Crippen MR) is 102 cm³/mol. The van der Waals surface area contributed by atoms with Crippen LogP contribution in [-0.4, -0.2) is 57.4 Å². The van der Waals surface area contributed by atoms with Gasteiger partial charge in [-0.25, -0.2) is 0 Å². The van der Waals surface area contributed by atoms with Crippen LogP contribution in [0, 0.1) is 34.0 Å². The summed E-state index contributed by atoms with van der Waals surface area (Å²) in [7, 11) is 0. The lowest BCUT2D eigenvalue weighted by atomic mass is 9.38. The van der Waals surface area contributed by atoms with Gasteiger partial charge in [0.2, 0.25) is 0 Å². The Balaban J connectivity index is 1.71. The predicted octanol–water partition coefficient (Wildman–Crippen LogP) is 1.63. The van der Waals surface area contributed by atoms with Crippen LogP contribution in [0.3, 0.4) is 0 Å². The van der Waals surface area contributed by atoms with E-state index in [-0.39, 0.29) is 35.9 Å². The van der Waals surface area contributed by atoms with Gasteiger partial charge in [0, 0.05) is 23.7 Å². The third-order valence-electron chi connectivity index (χ3n) is 9.83. The summed E-state index contributed by atoms with van der Waals surface area (Å²) >= 11 is 0. The summed E-state index contributed by atoms with van der Waals surface area (Å²) in [5, 5.41) is 43.8. The van der Waals surface area contributed by atoms with E-state index in [1.807, 2.05) is 6.92 Å². The molecule has 4 aliphatic carbocycles. The van der Waals surface area contributed by atoms with Crippen molar-refractivity contribution < 1.29 is 30.0 Å². The number of ether oxygens (including phenoxy) is 1. The van der Waals surface area contributed by atoms with Crippen LogP contribution in [0.1, 0.15) is 65.7 Å². The maximum atomic E-state index is 11.6. The zero-order chi connectivity index (χ0) is 20.5. The Kier molecular flexibility index (Phi) is 4.70. The molecule has 0 aromatic rings. The zero-order valence-corrected chi connectivity index (χ0v) is 17.4. The Bertz CT molecular complexity index is 653. The van der Waals surface area contributed by atoms with Crippen LogP contribution in [0.15, 0.2) is 0 Å². The minimum atomic E-state index is -1.17. The number of hydrogen-bond donors (Lipinski definition) is 4. The highest BCUT2D eigenvalue weighted by atomic mass is 16.5. The van der Waals surface area contributed by atoms with Crippen molar-refractivity contribution in [3.05, 3.63) is 0 Å². The molecule has 1 spiro atoms. The molecule has 0 aliphatic heterocycles. The van der Waals surface area contributed by atoms with Gasteiger partial charge in [-0.05, 0) is 62.2 Å². The maximum absolute atomic E-state index is 11.6. The first-order valence-electron chi connectivity index (χ1n) is 10.9. The van der Waals surface area contributed by atoms with Crippen LogP contribution in [0.25, 0.3) is 0 Å². The van der Waals surface area contributed by atoms with E-state index in [0.717, 1.165) is 25.7 Å². The van der Waals surface area contributed by atoms with Crippen molar-refractivity contribution in [1.82, 2.24) is 0 Å². The monoisotopic (exact) mass is 396 g/mol. The number of aliphatic hydroxyl groups excluding tert-OH is 3. The molecule has 4 rings (SSSR count). The van der Waals surface area contributed by atoms with E-state index in [9.17, 15) is 25.2 Å². The number of fused-ring (bicyclic) bond motifs is 2. The summed E-state index contributed by atoms with van der Waals surface area (Å²) in [4.78, 5) is 11.3. The van der Waals surface area contributed by atoms with E-state index in [4.69, 9.17) is 4.74 Å². The number of hydrogen-bond acceptors (Lipinski definition) is 6. The number of esters is 1. The van der Waals surface area contributed by atoms with Gasteiger partial charge in [0.25, 0.3) is 0 Å². The maximum Gasteiger partial charge on any atom is 0.302 e. The molecule has 9 unspecified atom stereocenters. The summed E-state index contributed by atoms with van der Waals surface area (Å²) in [6.45, 7) is 5.49.